The molecule has 20 heavy (non-hydrogen) atoms. The maximum atomic E-state index is 12.9. The number of hydrogen-bond donors (Lipinski definition) is 1. The highest BCUT2D eigenvalue weighted by atomic mass is 79.9. The molecular formula is C13H8BrF4NO. The molecule has 0 radical (unpaired) electrons. The summed E-state index contributed by atoms with van der Waals surface area (Å²) in [6.07, 6.45) is -4.05. The number of fused-ring (bicyclic) bond motifs is 1. The third-order valence-electron chi connectivity index (χ3n) is 2.70. The van der Waals surface area contributed by atoms with Crippen molar-refractivity contribution < 1.29 is 22.4 Å². The van der Waals surface area contributed by atoms with Crippen molar-refractivity contribution >= 4 is 38.3 Å². The van der Waals surface area contributed by atoms with E-state index in [1.165, 1.54) is 6.07 Å². The van der Waals surface area contributed by atoms with Crippen molar-refractivity contribution in [1.82, 2.24) is 0 Å². The Labute approximate surface area is 119 Å². The van der Waals surface area contributed by atoms with E-state index in [2.05, 4.69) is 15.9 Å². The molecule has 106 valence electrons. The first kappa shape index (κ1) is 14.8. The zero-order valence-electron chi connectivity index (χ0n) is 9.84. The second-order valence-electron chi connectivity index (χ2n) is 4.02. The van der Waals surface area contributed by atoms with Crippen LogP contribution in [-0.4, -0.2) is 18.3 Å². The van der Waals surface area contributed by atoms with Crippen LogP contribution in [0.4, 0.5) is 23.2 Å². The van der Waals surface area contributed by atoms with Crippen molar-refractivity contribution in [2.24, 2.45) is 0 Å². The number of amides is 1. The normalized spacial score (nSPS) is 11.9. The molecule has 7 heteroatoms. The van der Waals surface area contributed by atoms with Crippen molar-refractivity contribution in [3.63, 3.8) is 0 Å². The molecule has 0 bridgehead atoms. The molecule has 0 spiro atoms. The molecule has 1 N–H and O–H groups in total. The Morgan fingerprint density at radius 2 is 1.70 bits per heavy atom. The largest absolute Gasteiger partial charge is 0.383 e. The van der Waals surface area contributed by atoms with Gasteiger partial charge < -0.3 is 5.32 Å². The van der Waals surface area contributed by atoms with Crippen LogP contribution in [0.1, 0.15) is 0 Å². The van der Waals surface area contributed by atoms with E-state index in [1.807, 2.05) is 5.32 Å². The number of hydrogen-bond acceptors (Lipinski definition) is 1. The molecule has 0 aliphatic rings. The quantitative estimate of drug-likeness (QED) is 0.815. The Morgan fingerprint density at radius 1 is 1.10 bits per heavy atom. The predicted octanol–water partition coefficient (Wildman–Crippen LogP) is 4.44. The van der Waals surface area contributed by atoms with Crippen molar-refractivity contribution in [3.05, 3.63) is 40.9 Å². The van der Waals surface area contributed by atoms with Crippen molar-refractivity contribution in [1.29, 1.82) is 0 Å². The fraction of sp³-hybridized carbons (Fsp3) is 0.154. The van der Waals surface area contributed by atoms with Crippen LogP contribution < -0.4 is 5.32 Å². The highest BCUT2D eigenvalue weighted by molar-refractivity contribution is 9.10. The number of rotatable bonds is 3. The summed E-state index contributed by atoms with van der Waals surface area (Å²) >= 11 is 3.28. The molecule has 0 atom stereocenters. The van der Waals surface area contributed by atoms with Gasteiger partial charge in [0.25, 0.3) is 0 Å². The number of carbonyl (C=O) groups is 1. The average Bonchev–Trinajstić information content (AvgIpc) is 2.42. The Hall–Kier alpha value is -1.63. The first-order chi connectivity index (χ1) is 9.34. The molecule has 0 aromatic heterocycles. The first-order valence-corrected chi connectivity index (χ1v) is 6.28. The summed E-state index contributed by atoms with van der Waals surface area (Å²) in [6.45, 7) is 0. The first-order valence-electron chi connectivity index (χ1n) is 5.48. The molecule has 0 saturated carbocycles. The number of carbonyl (C=O) groups excluding carboxylic acids is 1. The van der Waals surface area contributed by atoms with Crippen LogP contribution in [0.5, 0.6) is 0 Å². The lowest BCUT2D eigenvalue weighted by molar-refractivity contribution is -0.163. The lowest BCUT2D eigenvalue weighted by Gasteiger charge is -2.16. The monoisotopic (exact) mass is 349 g/mol. The van der Waals surface area contributed by atoms with E-state index in [4.69, 9.17) is 0 Å². The van der Waals surface area contributed by atoms with E-state index < -0.39 is 18.3 Å². The van der Waals surface area contributed by atoms with Gasteiger partial charge in [-0.1, -0.05) is 40.2 Å². The predicted molar refractivity (Wildman–Crippen MR) is 71.2 cm³/mol. The topological polar surface area (TPSA) is 29.1 Å². The molecular weight excluding hydrogens is 342 g/mol. The van der Waals surface area contributed by atoms with Gasteiger partial charge in [-0.3, -0.25) is 4.79 Å². The second kappa shape index (κ2) is 5.40. The zero-order chi connectivity index (χ0) is 14.9. The van der Waals surface area contributed by atoms with Gasteiger partial charge in [0.2, 0.25) is 0 Å². The fourth-order valence-corrected chi connectivity index (χ4v) is 2.15. The van der Waals surface area contributed by atoms with E-state index in [0.29, 0.717) is 15.2 Å². The molecule has 0 saturated heterocycles. The minimum Gasteiger partial charge on any atom is -0.320 e. The van der Waals surface area contributed by atoms with Crippen LogP contribution in [0.15, 0.2) is 40.9 Å². The molecule has 0 aliphatic carbocycles. The summed E-state index contributed by atoms with van der Waals surface area (Å²) in [5.41, 5.74) is 0.0501. The van der Waals surface area contributed by atoms with Gasteiger partial charge in [0.1, 0.15) is 0 Å². The third kappa shape index (κ3) is 2.63. The molecule has 2 aromatic rings. The van der Waals surface area contributed by atoms with Gasteiger partial charge in [-0.15, -0.1) is 0 Å². The highest BCUT2D eigenvalue weighted by Crippen LogP contribution is 2.31. The van der Waals surface area contributed by atoms with E-state index in [0.717, 1.165) is 0 Å². The van der Waals surface area contributed by atoms with Gasteiger partial charge in [0, 0.05) is 15.5 Å². The van der Waals surface area contributed by atoms with E-state index in [9.17, 15) is 22.4 Å². The van der Waals surface area contributed by atoms with Crippen LogP contribution in [0, 0.1) is 0 Å². The average molecular weight is 350 g/mol. The van der Waals surface area contributed by atoms with Crippen LogP contribution in [0.2, 0.25) is 0 Å². The van der Waals surface area contributed by atoms with Gasteiger partial charge in [-0.25, -0.2) is 8.78 Å². The Bertz CT molecular complexity index is 660. The standard InChI is InChI=1S/C13H8BrF4NO/c14-9-5-6-10(8-4-2-1-3-7(8)9)19-12(20)13(17,18)11(15)16/h1-6,11H,(H,19,20). The summed E-state index contributed by atoms with van der Waals surface area (Å²) in [7, 11) is 0. The minimum absolute atomic E-state index is 0.0501. The fourth-order valence-electron chi connectivity index (χ4n) is 1.68. The van der Waals surface area contributed by atoms with Gasteiger partial charge in [-0.2, -0.15) is 8.78 Å². The molecule has 1 amide bonds. The maximum absolute atomic E-state index is 12.9. The number of halogens is 5. The van der Waals surface area contributed by atoms with Gasteiger partial charge in [0.05, 0.1) is 0 Å². The van der Waals surface area contributed by atoms with E-state index in [-0.39, 0.29) is 5.69 Å². The number of anilines is 1. The highest BCUT2D eigenvalue weighted by Gasteiger charge is 2.49. The smallest absolute Gasteiger partial charge is 0.320 e. The molecule has 0 aliphatic heterocycles. The molecule has 0 fully saturated rings. The molecule has 2 aromatic carbocycles. The molecule has 2 rings (SSSR count). The zero-order valence-corrected chi connectivity index (χ0v) is 11.4. The summed E-state index contributed by atoms with van der Waals surface area (Å²) in [5, 5.41) is 2.99. The third-order valence-corrected chi connectivity index (χ3v) is 3.39. The van der Waals surface area contributed by atoms with E-state index in [1.54, 1.807) is 30.3 Å². The number of alkyl halides is 4. The number of nitrogens with one attached hydrogen (secondary N) is 1. The lowest BCUT2D eigenvalue weighted by Crippen LogP contribution is -2.41. The summed E-state index contributed by atoms with van der Waals surface area (Å²) < 4.78 is 50.8. The SMILES string of the molecule is O=C(Nc1ccc(Br)c2ccccc12)C(F)(F)C(F)F. The van der Waals surface area contributed by atoms with Crippen LogP contribution in [0.3, 0.4) is 0 Å². The van der Waals surface area contributed by atoms with Gasteiger partial charge >= 0.3 is 18.3 Å². The van der Waals surface area contributed by atoms with Crippen LogP contribution in [-0.2, 0) is 4.79 Å². The van der Waals surface area contributed by atoms with E-state index >= 15 is 0 Å². The molecule has 0 unspecified atom stereocenters. The lowest BCUT2D eigenvalue weighted by atomic mass is 10.1. The van der Waals surface area contributed by atoms with Gasteiger partial charge in [0.15, 0.2) is 0 Å². The Balaban J connectivity index is 2.41. The van der Waals surface area contributed by atoms with Crippen molar-refractivity contribution in [3.8, 4) is 0 Å². The summed E-state index contributed by atoms with van der Waals surface area (Å²) in [6, 6.07) is 9.59. The maximum Gasteiger partial charge on any atom is 0.383 e. The Morgan fingerprint density at radius 3 is 2.30 bits per heavy atom. The van der Waals surface area contributed by atoms with Crippen molar-refractivity contribution in [2.45, 2.75) is 12.3 Å². The molecule has 2 nitrogen and oxygen atoms in total. The molecule has 0 heterocycles. The summed E-state index contributed by atoms with van der Waals surface area (Å²) in [5.74, 6) is -6.76. The number of benzene rings is 2. The second-order valence-corrected chi connectivity index (χ2v) is 4.87. The Kier molecular flexibility index (Phi) is 3.99. The van der Waals surface area contributed by atoms with Crippen molar-refractivity contribution in [2.75, 3.05) is 5.32 Å². The van der Waals surface area contributed by atoms with Crippen LogP contribution >= 0.6 is 15.9 Å². The summed E-state index contributed by atoms with van der Waals surface area (Å²) in [4.78, 5) is 11.3. The minimum atomic E-state index is -4.73. The van der Waals surface area contributed by atoms with Gasteiger partial charge in [-0.05, 0) is 17.5 Å². The van der Waals surface area contributed by atoms with Crippen LogP contribution in [0.25, 0.3) is 10.8 Å².